The first-order valence-corrected chi connectivity index (χ1v) is 9.36. The van der Waals surface area contributed by atoms with Gasteiger partial charge in [0.05, 0.1) is 6.04 Å². The highest BCUT2D eigenvalue weighted by Gasteiger charge is 2.25. The lowest BCUT2D eigenvalue weighted by Gasteiger charge is -2.22. The van der Waals surface area contributed by atoms with E-state index in [9.17, 15) is 9.59 Å². The number of hydrogen-bond donors (Lipinski definition) is 1. The molecule has 0 aliphatic carbocycles. The molecule has 1 N–H and O–H groups in total. The average Bonchev–Trinajstić information content (AvgIpc) is 3.01. The minimum Gasteiger partial charge on any atom is -0.344 e. The SMILES string of the molecule is Cc1ccc([C@H](NC(=O)CN2CCSC2=O)c2ccccc2)cc1C. The predicted molar refractivity (Wildman–Crippen MR) is 102 cm³/mol. The van der Waals surface area contributed by atoms with Gasteiger partial charge in [0.15, 0.2) is 0 Å². The number of thioether (sulfide) groups is 1. The third-order valence-electron chi connectivity index (χ3n) is 4.48. The maximum Gasteiger partial charge on any atom is 0.282 e. The van der Waals surface area contributed by atoms with Gasteiger partial charge in [0.1, 0.15) is 6.54 Å². The van der Waals surface area contributed by atoms with Gasteiger partial charge < -0.3 is 10.2 Å². The molecule has 3 rings (SSSR count). The molecule has 1 saturated heterocycles. The van der Waals surface area contributed by atoms with Crippen LogP contribution in [0.25, 0.3) is 0 Å². The Hall–Kier alpha value is -2.27. The van der Waals surface area contributed by atoms with Crippen LogP contribution in [-0.2, 0) is 4.79 Å². The fraction of sp³-hybridized carbons (Fsp3) is 0.300. The predicted octanol–water partition coefficient (Wildman–Crippen LogP) is 3.68. The molecule has 1 heterocycles. The largest absolute Gasteiger partial charge is 0.344 e. The smallest absolute Gasteiger partial charge is 0.282 e. The second-order valence-corrected chi connectivity index (χ2v) is 7.34. The van der Waals surface area contributed by atoms with Gasteiger partial charge in [-0.25, -0.2) is 0 Å². The van der Waals surface area contributed by atoms with Crippen LogP contribution < -0.4 is 5.32 Å². The van der Waals surface area contributed by atoms with Gasteiger partial charge in [-0.3, -0.25) is 9.59 Å². The summed E-state index contributed by atoms with van der Waals surface area (Å²) in [5.41, 5.74) is 4.49. The summed E-state index contributed by atoms with van der Waals surface area (Å²) >= 11 is 1.27. The molecule has 1 aliphatic rings. The average molecular weight is 354 g/mol. The summed E-state index contributed by atoms with van der Waals surface area (Å²) in [7, 11) is 0. The number of amides is 2. The van der Waals surface area contributed by atoms with E-state index in [2.05, 4.69) is 37.4 Å². The Morgan fingerprint density at radius 1 is 1.12 bits per heavy atom. The minimum absolute atomic E-state index is 0.0161. The molecule has 2 aromatic carbocycles. The summed E-state index contributed by atoms with van der Waals surface area (Å²) in [5.74, 6) is 0.619. The molecule has 0 unspecified atom stereocenters. The van der Waals surface area contributed by atoms with E-state index in [1.807, 2.05) is 30.3 Å². The zero-order valence-electron chi connectivity index (χ0n) is 14.5. The molecule has 2 aromatic rings. The molecule has 0 bridgehead atoms. The highest BCUT2D eigenvalue weighted by molar-refractivity contribution is 8.13. The van der Waals surface area contributed by atoms with Gasteiger partial charge in [-0.15, -0.1) is 0 Å². The first-order chi connectivity index (χ1) is 12.0. The molecule has 4 nitrogen and oxygen atoms in total. The van der Waals surface area contributed by atoms with Crippen LogP contribution in [0.5, 0.6) is 0 Å². The topological polar surface area (TPSA) is 49.4 Å². The molecule has 1 atom stereocenters. The summed E-state index contributed by atoms with van der Waals surface area (Å²) in [4.78, 5) is 25.9. The van der Waals surface area contributed by atoms with Gasteiger partial charge in [-0.1, -0.05) is 60.3 Å². The third kappa shape index (κ3) is 4.23. The first-order valence-electron chi connectivity index (χ1n) is 8.38. The molecule has 0 aromatic heterocycles. The van der Waals surface area contributed by atoms with Crippen molar-refractivity contribution >= 4 is 22.9 Å². The molecule has 0 saturated carbocycles. The Balaban J connectivity index is 1.82. The molecule has 1 fully saturated rings. The monoisotopic (exact) mass is 354 g/mol. The summed E-state index contributed by atoms with van der Waals surface area (Å²) in [6.45, 7) is 4.89. The first kappa shape index (κ1) is 17.5. The maximum atomic E-state index is 12.5. The fourth-order valence-corrected chi connectivity index (χ4v) is 3.72. The second kappa shape index (κ2) is 7.74. The maximum absolute atomic E-state index is 12.5. The quantitative estimate of drug-likeness (QED) is 0.891. The van der Waals surface area contributed by atoms with Gasteiger partial charge in [0.2, 0.25) is 5.91 Å². The van der Waals surface area contributed by atoms with Crippen molar-refractivity contribution in [1.29, 1.82) is 0 Å². The molecule has 0 radical (unpaired) electrons. The molecule has 130 valence electrons. The summed E-state index contributed by atoms with van der Waals surface area (Å²) in [6, 6.07) is 15.9. The van der Waals surface area contributed by atoms with Crippen LogP contribution in [0.15, 0.2) is 48.5 Å². The fourth-order valence-electron chi connectivity index (χ4n) is 2.90. The lowest BCUT2D eigenvalue weighted by molar-refractivity contribution is -0.122. The highest BCUT2D eigenvalue weighted by atomic mass is 32.2. The van der Waals surface area contributed by atoms with Crippen LogP contribution in [-0.4, -0.2) is 34.9 Å². The zero-order chi connectivity index (χ0) is 17.8. The van der Waals surface area contributed by atoms with Crippen LogP contribution in [0.2, 0.25) is 0 Å². The van der Waals surface area contributed by atoms with Crippen molar-refractivity contribution in [2.45, 2.75) is 19.9 Å². The normalized spacial score (nSPS) is 15.3. The van der Waals surface area contributed by atoms with E-state index in [0.29, 0.717) is 6.54 Å². The zero-order valence-corrected chi connectivity index (χ0v) is 15.3. The Bertz CT molecular complexity index is 777. The summed E-state index contributed by atoms with van der Waals surface area (Å²) in [5, 5.41) is 3.09. The molecular weight excluding hydrogens is 332 g/mol. The molecule has 2 amide bonds. The standard InChI is InChI=1S/C20H22N2O2S/c1-14-8-9-17(12-15(14)2)19(16-6-4-3-5-7-16)21-18(23)13-22-10-11-25-20(22)24/h3-9,12,19H,10-11,13H2,1-2H3,(H,21,23)/t19-/m1/s1. The number of hydrogen-bond acceptors (Lipinski definition) is 3. The number of carbonyl (C=O) groups excluding carboxylic acids is 2. The van der Waals surface area contributed by atoms with Crippen LogP contribution in [0, 0.1) is 13.8 Å². The van der Waals surface area contributed by atoms with E-state index in [4.69, 9.17) is 0 Å². The van der Waals surface area contributed by atoms with E-state index in [0.717, 1.165) is 16.9 Å². The van der Waals surface area contributed by atoms with E-state index in [1.165, 1.54) is 22.9 Å². The van der Waals surface area contributed by atoms with E-state index < -0.39 is 0 Å². The minimum atomic E-state index is -0.224. The van der Waals surface area contributed by atoms with E-state index >= 15 is 0 Å². The van der Waals surface area contributed by atoms with Gasteiger partial charge in [0.25, 0.3) is 5.24 Å². The molecule has 25 heavy (non-hydrogen) atoms. The Morgan fingerprint density at radius 2 is 1.88 bits per heavy atom. The van der Waals surface area contributed by atoms with Crippen molar-refractivity contribution in [3.05, 3.63) is 70.8 Å². The Kier molecular flexibility index (Phi) is 5.43. The van der Waals surface area contributed by atoms with E-state index in [1.54, 1.807) is 4.90 Å². The number of carbonyl (C=O) groups is 2. The second-order valence-electron chi connectivity index (χ2n) is 6.29. The number of nitrogens with one attached hydrogen (secondary N) is 1. The molecular formula is C20H22N2O2S. The van der Waals surface area contributed by atoms with Crippen molar-refractivity contribution in [1.82, 2.24) is 10.2 Å². The van der Waals surface area contributed by atoms with Crippen molar-refractivity contribution in [3.63, 3.8) is 0 Å². The van der Waals surface area contributed by atoms with Crippen molar-refractivity contribution in [2.24, 2.45) is 0 Å². The van der Waals surface area contributed by atoms with Gasteiger partial charge >= 0.3 is 0 Å². The van der Waals surface area contributed by atoms with Crippen molar-refractivity contribution in [3.8, 4) is 0 Å². The van der Waals surface area contributed by atoms with Crippen LogP contribution in [0.3, 0.4) is 0 Å². The molecule has 0 spiro atoms. The summed E-state index contributed by atoms with van der Waals surface area (Å²) in [6.07, 6.45) is 0. The van der Waals surface area contributed by atoms with Crippen LogP contribution >= 0.6 is 11.8 Å². The lowest BCUT2D eigenvalue weighted by atomic mass is 9.95. The van der Waals surface area contributed by atoms with Crippen molar-refractivity contribution in [2.75, 3.05) is 18.8 Å². The lowest BCUT2D eigenvalue weighted by Crippen LogP contribution is -2.39. The van der Waals surface area contributed by atoms with Crippen LogP contribution in [0.4, 0.5) is 4.79 Å². The van der Waals surface area contributed by atoms with Gasteiger partial charge in [0, 0.05) is 12.3 Å². The van der Waals surface area contributed by atoms with Gasteiger partial charge in [-0.2, -0.15) is 0 Å². The number of aryl methyl sites for hydroxylation is 2. The number of rotatable bonds is 5. The Morgan fingerprint density at radius 3 is 2.52 bits per heavy atom. The Labute approximate surface area is 152 Å². The molecule has 1 aliphatic heterocycles. The third-order valence-corrected chi connectivity index (χ3v) is 5.37. The van der Waals surface area contributed by atoms with Gasteiger partial charge in [-0.05, 0) is 36.1 Å². The van der Waals surface area contributed by atoms with E-state index in [-0.39, 0.29) is 23.7 Å². The van der Waals surface area contributed by atoms with Crippen LogP contribution in [0.1, 0.15) is 28.3 Å². The van der Waals surface area contributed by atoms with Crippen molar-refractivity contribution < 1.29 is 9.59 Å². The number of nitrogens with zero attached hydrogens (tertiary/aromatic N) is 1. The molecule has 5 heteroatoms. The highest BCUT2D eigenvalue weighted by Crippen LogP contribution is 2.24. The summed E-state index contributed by atoms with van der Waals surface area (Å²) < 4.78 is 0. The number of benzene rings is 2.